The molecule has 2 saturated heterocycles. The van der Waals surface area contributed by atoms with Gasteiger partial charge in [0.05, 0.1) is 4.08 Å². The minimum Gasteiger partial charge on any atom is -0.440 e. The van der Waals surface area contributed by atoms with E-state index in [1.807, 2.05) is 24.3 Å². The van der Waals surface area contributed by atoms with Crippen molar-refractivity contribution in [1.29, 1.82) is 0 Å². The maximum Gasteiger partial charge on any atom is 0.225 e. The smallest absolute Gasteiger partial charge is 0.225 e. The fourth-order valence-electron chi connectivity index (χ4n) is 6.27. The van der Waals surface area contributed by atoms with E-state index in [2.05, 4.69) is 28.4 Å². The number of carbonyl (C=O) groups excluding carboxylic acids is 1. The monoisotopic (exact) mass is 428 g/mol. The lowest BCUT2D eigenvalue weighted by molar-refractivity contribution is -0.138. The van der Waals surface area contributed by atoms with Gasteiger partial charge in [-0.05, 0) is 62.5 Å². The van der Waals surface area contributed by atoms with Crippen LogP contribution in [-0.4, -0.2) is 44.5 Å². The Morgan fingerprint density at radius 2 is 1.72 bits per heavy atom. The molecule has 2 unspecified atom stereocenters. The molecule has 2 aromatic rings. The molecule has 4 aliphatic rings. The van der Waals surface area contributed by atoms with Gasteiger partial charge < -0.3 is 9.32 Å². The Bertz CT molecular complexity index is 865. The standard InChI is InChI=1S/C23H28N2O2S2/c26-22(16-13-17-5-6-18(14-16)23(17)28-11-12-29-23)25-9-7-15(8-10-25)21-24-19-3-1-2-4-20(19)27-21/h1-4,15-18H,5-14H2. The minimum absolute atomic E-state index is 0.265. The summed E-state index contributed by atoms with van der Waals surface area (Å²) in [7, 11) is 0. The Balaban J connectivity index is 1.10. The van der Waals surface area contributed by atoms with E-state index < -0.39 is 0 Å². The van der Waals surface area contributed by atoms with Crippen LogP contribution < -0.4 is 0 Å². The molecule has 6 rings (SSSR count). The molecule has 1 aromatic heterocycles. The maximum atomic E-state index is 13.3. The summed E-state index contributed by atoms with van der Waals surface area (Å²) in [6.07, 6.45) is 6.87. The predicted molar refractivity (Wildman–Crippen MR) is 119 cm³/mol. The molecule has 4 nitrogen and oxygen atoms in total. The van der Waals surface area contributed by atoms with Crippen LogP contribution in [-0.2, 0) is 4.79 Å². The number of piperidine rings is 1. The van der Waals surface area contributed by atoms with E-state index in [0.29, 0.717) is 15.9 Å². The van der Waals surface area contributed by atoms with Crippen LogP contribution in [0.4, 0.5) is 0 Å². The van der Waals surface area contributed by atoms with Crippen molar-refractivity contribution in [3.63, 3.8) is 0 Å². The van der Waals surface area contributed by atoms with Crippen LogP contribution >= 0.6 is 23.5 Å². The van der Waals surface area contributed by atoms with Gasteiger partial charge in [-0.15, -0.1) is 23.5 Å². The first-order valence-electron chi connectivity index (χ1n) is 11.1. The lowest BCUT2D eigenvalue weighted by Gasteiger charge is -2.44. The van der Waals surface area contributed by atoms with Crippen molar-refractivity contribution in [3.05, 3.63) is 30.2 Å². The Kier molecular flexibility index (Phi) is 4.64. The zero-order valence-corrected chi connectivity index (χ0v) is 18.4. The number of hydrogen-bond acceptors (Lipinski definition) is 5. The zero-order valence-electron chi connectivity index (χ0n) is 16.7. The Hall–Kier alpha value is -1.14. The second-order valence-corrected chi connectivity index (χ2v) is 12.2. The normalized spacial score (nSPS) is 31.7. The van der Waals surface area contributed by atoms with E-state index in [9.17, 15) is 4.79 Å². The van der Waals surface area contributed by atoms with Crippen LogP contribution in [0, 0.1) is 17.8 Å². The van der Waals surface area contributed by atoms with Crippen LogP contribution in [0.3, 0.4) is 0 Å². The number of benzene rings is 1. The number of fused-ring (bicyclic) bond motifs is 1. The van der Waals surface area contributed by atoms with Crippen LogP contribution in [0.25, 0.3) is 11.1 Å². The lowest BCUT2D eigenvalue weighted by atomic mass is 9.79. The molecule has 2 aliphatic heterocycles. The van der Waals surface area contributed by atoms with Gasteiger partial charge in [0.25, 0.3) is 0 Å². The van der Waals surface area contributed by atoms with Crippen molar-refractivity contribution < 1.29 is 9.21 Å². The van der Waals surface area contributed by atoms with E-state index in [1.165, 1.54) is 24.3 Å². The molecule has 29 heavy (non-hydrogen) atoms. The SMILES string of the molecule is O=C(C1CC2CCC(C1)C21SCCS1)N1CCC(c2nc3ccccc3o2)CC1. The van der Waals surface area contributed by atoms with Crippen molar-refractivity contribution in [2.24, 2.45) is 17.8 Å². The first-order valence-corrected chi connectivity index (χ1v) is 13.1. The van der Waals surface area contributed by atoms with Crippen LogP contribution in [0.15, 0.2) is 28.7 Å². The second kappa shape index (κ2) is 7.23. The number of aromatic nitrogens is 1. The number of rotatable bonds is 2. The van der Waals surface area contributed by atoms with Gasteiger partial charge in [-0.25, -0.2) is 4.98 Å². The largest absolute Gasteiger partial charge is 0.440 e. The fourth-order valence-corrected chi connectivity index (χ4v) is 10.2. The van der Waals surface area contributed by atoms with Crippen molar-refractivity contribution in [2.45, 2.75) is 48.5 Å². The molecule has 1 spiro atoms. The molecule has 0 N–H and O–H groups in total. The molecule has 154 valence electrons. The molecule has 3 heterocycles. The highest BCUT2D eigenvalue weighted by Crippen LogP contribution is 2.66. The highest BCUT2D eigenvalue weighted by Gasteiger charge is 2.57. The second-order valence-electron chi connectivity index (χ2n) is 9.18. The van der Waals surface area contributed by atoms with Crippen LogP contribution in [0.2, 0.25) is 0 Å². The lowest BCUT2D eigenvalue weighted by Crippen LogP contribution is -2.46. The van der Waals surface area contributed by atoms with Gasteiger partial charge in [-0.3, -0.25) is 4.79 Å². The number of hydrogen-bond donors (Lipinski definition) is 0. The molecule has 2 atom stereocenters. The topological polar surface area (TPSA) is 46.3 Å². The molecule has 1 aromatic carbocycles. The molecule has 2 saturated carbocycles. The van der Waals surface area contributed by atoms with Gasteiger partial charge in [0.2, 0.25) is 5.91 Å². The van der Waals surface area contributed by atoms with Gasteiger partial charge in [0.15, 0.2) is 11.5 Å². The summed E-state index contributed by atoms with van der Waals surface area (Å²) in [5, 5.41) is 0. The fraction of sp³-hybridized carbons (Fsp3) is 0.652. The number of thioether (sulfide) groups is 2. The average Bonchev–Trinajstić information content (AvgIpc) is 3.45. The molecule has 1 amide bonds. The molecular weight excluding hydrogens is 400 g/mol. The van der Waals surface area contributed by atoms with Gasteiger partial charge in [-0.2, -0.15) is 0 Å². The zero-order chi connectivity index (χ0) is 19.4. The molecule has 4 fully saturated rings. The third-order valence-corrected chi connectivity index (χ3v) is 11.7. The number of carbonyl (C=O) groups is 1. The van der Waals surface area contributed by atoms with Crippen molar-refractivity contribution in [1.82, 2.24) is 9.88 Å². The number of likely N-dealkylation sites (tertiary alicyclic amines) is 1. The summed E-state index contributed by atoms with van der Waals surface area (Å²) in [5.41, 5.74) is 1.81. The highest BCUT2D eigenvalue weighted by atomic mass is 32.2. The quantitative estimate of drug-likeness (QED) is 0.662. The number of para-hydroxylation sites is 2. The summed E-state index contributed by atoms with van der Waals surface area (Å²) in [6, 6.07) is 7.98. The Morgan fingerprint density at radius 1 is 1.03 bits per heavy atom. The van der Waals surface area contributed by atoms with Gasteiger partial charge >= 0.3 is 0 Å². The predicted octanol–water partition coefficient (Wildman–Crippen LogP) is 5.15. The molecule has 2 aliphatic carbocycles. The Morgan fingerprint density at radius 3 is 2.41 bits per heavy atom. The molecule has 6 heteroatoms. The number of nitrogens with zero attached hydrogens (tertiary/aromatic N) is 2. The minimum atomic E-state index is 0.265. The van der Waals surface area contributed by atoms with E-state index in [-0.39, 0.29) is 5.92 Å². The first kappa shape index (κ1) is 18.6. The van der Waals surface area contributed by atoms with Gasteiger partial charge in [0.1, 0.15) is 5.52 Å². The van der Waals surface area contributed by atoms with Crippen molar-refractivity contribution in [2.75, 3.05) is 24.6 Å². The summed E-state index contributed by atoms with van der Waals surface area (Å²) in [6.45, 7) is 1.70. The summed E-state index contributed by atoms with van der Waals surface area (Å²) < 4.78 is 6.46. The van der Waals surface area contributed by atoms with Gasteiger partial charge in [-0.1, -0.05) is 12.1 Å². The van der Waals surface area contributed by atoms with Gasteiger partial charge in [0, 0.05) is 36.4 Å². The Labute approximate surface area is 180 Å². The highest BCUT2D eigenvalue weighted by molar-refractivity contribution is 8.21. The van der Waals surface area contributed by atoms with E-state index in [4.69, 9.17) is 9.40 Å². The first-order chi connectivity index (χ1) is 14.2. The molecular formula is C23H28N2O2S2. The molecule has 2 bridgehead atoms. The summed E-state index contributed by atoms with van der Waals surface area (Å²) in [5.74, 6) is 6.01. The third-order valence-electron chi connectivity index (χ3n) is 7.69. The van der Waals surface area contributed by atoms with E-state index in [1.54, 1.807) is 0 Å². The summed E-state index contributed by atoms with van der Waals surface area (Å²) >= 11 is 4.43. The van der Waals surface area contributed by atoms with Crippen LogP contribution in [0.5, 0.6) is 0 Å². The van der Waals surface area contributed by atoms with Crippen molar-refractivity contribution in [3.8, 4) is 0 Å². The average molecular weight is 429 g/mol. The number of amides is 1. The van der Waals surface area contributed by atoms with E-state index in [0.717, 1.165) is 67.6 Å². The van der Waals surface area contributed by atoms with Crippen molar-refractivity contribution >= 4 is 40.5 Å². The summed E-state index contributed by atoms with van der Waals surface area (Å²) in [4.78, 5) is 20.2. The maximum absolute atomic E-state index is 13.3. The van der Waals surface area contributed by atoms with E-state index >= 15 is 0 Å². The third kappa shape index (κ3) is 3.04. The number of oxazole rings is 1. The van der Waals surface area contributed by atoms with Crippen LogP contribution in [0.1, 0.15) is 50.3 Å². The molecule has 0 radical (unpaired) electrons.